The van der Waals surface area contributed by atoms with Gasteiger partial charge in [0.2, 0.25) is 0 Å². The lowest BCUT2D eigenvalue weighted by Gasteiger charge is -2.00. The number of rotatable bonds is 5. The van der Waals surface area contributed by atoms with Gasteiger partial charge in [-0.25, -0.2) is 9.07 Å². The van der Waals surface area contributed by atoms with Gasteiger partial charge in [-0.2, -0.15) is 5.10 Å². The number of carbonyl (C=O) groups is 1. The van der Waals surface area contributed by atoms with Crippen LogP contribution in [-0.4, -0.2) is 15.6 Å². The van der Waals surface area contributed by atoms with Gasteiger partial charge in [0.25, 0.3) is 0 Å². The topological polar surface area (TPSA) is 34.9 Å². The van der Waals surface area contributed by atoms with Crippen LogP contribution >= 0.6 is 0 Å². The molecule has 0 fully saturated rings. The lowest BCUT2D eigenvalue weighted by atomic mass is 10.1. The highest BCUT2D eigenvalue weighted by Crippen LogP contribution is 2.25. The van der Waals surface area contributed by atoms with Crippen molar-refractivity contribution in [2.75, 3.05) is 0 Å². The number of para-hydroxylation sites is 1. The van der Waals surface area contributed by atoms with Gasteiger partial charge < -0.3 is 0 Å². The molecule has 0 unspecified atom stereocenters. The van der Waals surface area contributed by atoms with E-state index in [9.17, 15) is 9.18 Å². The molecule has 0 atom stereocenters. The van der Waals surface area contributed by atoms with Crippen molar-refractivity contribution in [1.29, 1.82) is 0 Å². The van der Waals surface area contributed by atoms with Crippen LogP contribution in [0.15, 0.2) is 97.2 Å². The summed E-state index contributed by atoms with van der Waals surface area (Å²) >= 11 is 0. The van der Waals surface area contributed by atoms with E-state index < -0.39 is 0 Å². The highest BCUT2D eigenvalue weighted by Gasteiger charge is 2.11. The lowest BCUT2D eigenvalue weighted by molar-refractivity contribution is 0.104. The molecule has 0 amide bonds. The Bertz CT molecular complexity index is 1110. The van der Waals surface area contributed by atoms with Crippen molar-refractivity contribution >= 4 is 11.9 Å². The second-order valence-electron chi connectivity index (χ2n) is 6.28. The van der Waals surface area contributed by atoms with Gasteiger partial charge in [-0.15, -0.1) is 0 Å². The molecule has 0 aliphatic heterocycles. The Kier molecular flexibility index (Phi) is 4.93. The predicted molar refractivity (Wildman–Crippen MR) is 109 cm³/mol. The molecule has 28 heavy (non-hydrogen) atoms. The summed E-state index contributed by atoms with van der Waals surface area (Å²) in [4.78, 5) is 12.4. The average molecular weight is 368 g/mol. The van der Waals surface area contributed by atoms with E-state index >= 15 is 0 Å². The number of nitrogens with zero attached hydrogens (tertiary/aromatic N) is 2. The first-order chi connectivity index (χ1) is 13.7. The number of benzene rings is 3. The Labute approximate surface area is 162 Å². The van der Waals surface area contributed by atoms with E-state index in [-0.39, 0.29) is 11.6 Å². The minimum Gasteiger partial charge on any atom is -0.289 e. The lowest BCUT2D eigenvalue weighted by Crippen LogP contribution is -1.94. The summed E-state index contributed by atoms with van der Waals surface area (Å²) in [6.07, 6.45) is 5.15. The molecule has 0 saturated heterocycles. The predicted octanol–water partition coefficient (Wildman–Crippen LogP) is 5.57. The van der Waals surface area contributed by atoms with Crippen molar-refractivity contribution in [3.8, 4) is 16.9 Å². The fraction of sp³-hybridized carbons (Fsp3) is 0. The van der Waals surface area contributed by atoms with Crippen LogP contribution in [0.5, 0.6) is 0 Å². The van der Waals surface area contributed by atoms with Crippen LogP contribution in [-0.2, 0) is 0 Å². The van der Waals surface area contributed by atoms with Gasteiger partial charge in [0.05, 0.1) is 11.4 Å². The van der Waals surface area contributed by atoms with Crippen LogP contribution in [0.4, 0.5) is 4.39 Å². The van der Waals surface area contributed by atoms with E-state index in [1.165, 1.54) is 18.2 Å². The van der Waals surface area contributed by atoms with E-state index in [0.29, 0.717) is 11.3 Å². The van der Waals surface area contributed by atoms with Crippen molar-refractivity contribution < 1.29 is 9.18 Å². The average Bonchev–Trinajstić information content (AvgIpc) is 3.18. The summed E-state index contributed by atoms with van der Waals surface area (Å²) in [5.41, 5.74) is 3.76. The molecule has 3 nitrogen and oxygen atoms in total. The van der Waals surface area contributed by atoms with Gasteiger partial charge >= 0.3 is 0 Å². The number of carbonyl (C=O) groups excluding carboxylic acids is 1. The Morgan fingerprint density at radius 3 is 2.18 bits per heavy atom. The van der Waals surface area contributed by atoms with E-state index in [1.807, 2.05) is 54.7 Å². The maximum absolute atomic E-state index is 13.3. The fourth-order valence-electron chi connectivity index (χ4n) is 2.92. The van der Waals surface area contributed by atoms with Crippen molar-refractivity contribution in [3.05, 3.63) is 114 Å². The zero-order valence-corrected chi connectivity index (χ0v) is 15.0. The first-order valence-electron chi connectivity index (χ1n) is 8.89. The molecule has 4 heteroatoms. The molecule has 0 radical (unpaired) electrons. The van der Waals surface area contributed by atoms with Crippen molar-refractivity contribution in [1.82, 2.24) is 9.78 Å². The van der Waals surface area contributed by atoms with E-state index in [1.54, 1.807) is 35.0 Å². The van der Waals surface area contributed by atoms with E-state index in [4.69, 9.17) is 0 Å². The molecular weight excluding hydrogens is 351 g/mol. The van der Waals surface area contributed by atoms with Crippen LogP contribution < -0.4 is 0 Å². The van der Waals surface area contributed by atoms with Crippen molar-refractivity contribution in [2.45, 2.75) is 0 Å². The van der Waals surface area contributed by atoms with E-state index in [2.05, 4.69) is 5.10 Å². The third kappa shape index (κ3) is 3.81. The first kappa shape index (κ1) is 17.6. The molecule has 0 bridgehead atoms. The van der Waals surface area contributed by atoms with Crippen molar-refractivity contribution in [2.24, 2.45) is 0 Å². The number of halogens is 1. The number of allylic oxidation sites excluding steroid dienone is 1. The van der Waals surface area contributed by atoms with E-state index in [0.717, 1.165) is 16.8 Å². The second-order valence-corrected chi connectivity index (χ2v) is 6.28. The van der Waals surface area contributed by atoms with Gasteiger partial charge in [-0.1, -0.05) is 48.5 Å². The quantitative estimate of drug-likeness (QED) is 0.341. The Balaban J connectivity index is 1.74. The number of aromatic nitrogens is 2. The summed E-state index contributed by atoms with van der Waals surface area (Å²) in [6, 6.07) is 25.0. The maximum Gasteiger partial charge on any atom is 0.185 e. The third-order valence-electron chi connectivity index (χ3n) is 4.35. The summed E-state index contributed by atoms with van der Waals surface area (Å²) in [5, 5.41) is 4.66. The van der Waals surface area contributed by atoms with Gasteiger partial charge in [-0.3, -0.25) is 4.79 Å². The van der Waals surface area contributed by atoms with Crippen LogP contribution in [0.3, 0.4) is 0 Å². The molecule has 136 valence electrons. The molecule has 0 N–H and O–H groups in total. The van der Waals surface area contributed by atoms with Gasteiger partial charge in [0, 0.05) is 22.9 Å². The molecule has 0 saturated carbocycles. The number of hydrogen-bond donors (Lipinski definition) is 0. The summed E-state index contributed by atoms with van der Waals surface area (Å²) in [6.45, 7) is 0. The molecule has 3 aromatic carbocycles. The first-order valence-corrected chi connectivity index (χ1v) is 8.89. The highest BCUT2D eigenvalue weighted by atomic mass is 19.1. The van der Waals surface area contributed by atoms with Crippen LogP contribution in [0.25, 0.3) is 23.0 Å². The largest absolute Gasteiger partial charge is 0.289 e. The Morgan fingerprint density at radius 2 is 1.50 bits per heavy atom. The SMILES string of the molecule is O=C(/C=C/c1cn(-c2ccccc2)nc1-c1ccc(F)cc1)c1ccccc1. The smallest absolute Gasteiger partial charge is 0.185 e. The molecule has 4 aromatic rings. The van der Waals surface area contributed by atoms with Crippen LogP contribution in [0.1, 0.15) is 15.9 Å². The number of hydrogen-bond acceptors (Lipinski definition) is 2. The third-order valence-corrected chi connectivity index (χ3v) is 4.35. The van der Waals surface area contributed by atoms with Crippen molar-refractivity contribution in [3.63, 3.8) is 0 Å². The molecule has 1 heterocycles. The molecule has 1 aromatic heterocycles. The summed E-state index contributed by atoms with van der Waals surface area (Å²) in [5.74, 6) is -0.388. The Hall–Kier alpha value is -3.79. The molecule has 4 rings (SSSR count). The van der Waals surface area contributed by atoms with Gasteiger partial charge in [0.1, 0.15) is 5.82 Å². The normalized spacial score (nSPS) is 11.0. The Morgan fingerprint density at radius 1 is 0.857 bits per heavy atom. The molecular formula is C24H17FN2O. The maximum atomic E-state index is 13.3. The zero-order chi connectivity index (χ0) is 19.3. The standard InChI is InChI=1S/C24H17FN2O/c25-21-14-11-19(12-15-21)24-20(13-16-23(28)18-7-3-1-4-8-18)17-27(26-24)22-9-5-2-6-10-22/h1-17H/b16-13+. The summed E-state index contributed by atoms with van der Waals surface area (Å²) in [7, 11) is 0. The van der Waals surface area contributed by atoms with Crippen LogP contribution in [0, 0.1) is 5.82 Å². The minimum atomic E-state index is -0.303. The molecule has 0 aliphatic carbocycles. The summed E-state index contributed by atoms with van der Waals surface area (Å²) < 4.78 is 15.1. The monoisotopic (exact) mass is 368 g/mol. The van der Waals surface area contributed by atoms with Crippen LogP contribution in [0.2, 0.25) is 0 Å². The number of ketones is 1. The fourth-order valence-corrected chi connectivity index (χ4v) is 2.92. The van der Waals surface area contributed by atoms with Gasteiger partial charge in [0.15, 0.2) is 5.78 Å². The zero-order valence-electron chi connectivity index (χ0n) is 15.0. The second kappa shape index (κ2) is 7.84. The van der Waals surface area contributed by atoms with Gasteiger partial charge in [-0.05, 0) is 48.6 Å². The molecule has 0 spiro atoms. The highest BCUT2D eigenvalue weighted by molar-refractivity contribution is 6.07. The molecule has 0 aliphatic rings. The minimum absolute atomic E-state index is 0.0851.